The second kappa shape index (κ2) is 5.23. The highest BCUT2D eigenvalue weighted by molar-refractivity contribution is 6.50. The Labute approximate surface area is 75.2 Å². The van der Waals surface area contributed by atoms with E-state index in [1.807, 2.05) is 0 Å². The van der Waals surface area contributed by atoms with Crippen LogP contribution in [0.5, 0.6) is 0 Å². The van der Waals surface area contributed by atoms with Gasteiger partial charge in [-0.2, -0.15) is 0 Å². The number of hydrogen-bond donors (Lipinski definition) is 2. The van der Waals surface area contributed by atoms with E-state index in [0.29, 0.717) is 0 Å². The molecule has 0 rings (SSSR count). The van der Waals surface area contributed by atoms with Gasteiger partial charge in [0.15, 0.2) is 0 Å². The molecule has 0 unspecified atom stereocenters. The van der Waals surface area contributed by atoms with Crippen LogP contribution >= 0.6 is 0 Å². The zero-order valence-corrected chi connectivity index (χ0v) is 7.04. The average Bonchev–Trinajstić information content (AvgIpc) is 2.03. The quantitative estimate of drug-likeness (QED) is 0.207. The van der Waals surface area contributed by atoms with Crippen molar-refractivity contribution < 1.29 is 15.0 Å². The fraction of sp³-hybridized carbons (Fsp3) is 0.167. The van der Waals surface area contributed by atoms with Crippen LogP contribution in [0.25, 0.3) is 0 Å². The molecule has 0 bridgehead atoms. The fourth-order valence-electron chi connectivity index (χ4n) is 0.677. The Balaban J connectivity index is 5.25. The third-order valence-corrected chi connectivity index (χ3v) is 1.17. The molecule has 0 fully saturated rings. The van der Waals surface area contributed by atoms with Crippen LogP contribution in [-0.2, 0) is 0 Å². The molecule has 2 N–H and O–H groups in total. The maximum absolute atomic E-state index is 10.3. The van der Waals surface area contributed by atoms with E-state index in [1.54, 1.807) is 0 Å². The lowest BCUT2D eigenvalue weighted by Gasteiger charge is -1.98. The van der Waals surface area contributed by atoms with E-state index in [4.69, 9.17) is 10.0 Å². The molecule has 13 heavy (non-hydrogen) atoms. The molecular weight excluding hydrogens is 175 g/mol. The van der Waals surface area contributed by atoms with Gasteiger partial charge in [-0.15, -0.1) is 0 Å². The maximum Gasteiger partial charge on any atom is 0.515 e. The van der Waals surface area contributed by atoms with Crippen molar-refractivity contribution in [2.45, 2.75) is 6.92 Å². The predicted octanol–water partition coefficient (Wildman–Crippen LogP) is -0.237. The summed E-state index contributed by atoms with van der Waals surface area (Å²) in [6.07, 6.45) is 2.13. The number of rotatable bonds is 4. The molecule has 0 spiro atoms. The minimum Gasteiger partial charge on any atom is -0.422 e. The van der Waals surface area contributed by atoms with Gasteiger partial charge < -0.3 is 10.0 Å². The predicted molar refractivity (Wildman–Crippen MR) is 48.6 cm³/mol. The lowest BCUT2D eigenvalue weighted by Crippen LogP contribution is -2.18. The lowest BCUT2D eigenvalue weighted by molar-refractivity contribution is -0.419. The van der Waals surface area contributed by atoms with Crippen molar-refractivity contribution >= 4 is 13.3 Å². The summed E-state index contributed by atoms with van der Waals surface area (Å²) in [7, 11) is -1.98. The van der Waals surface area contributed by atoms with Crippen LogP contribution in [-0.4, -0.2) is 28.3 Å². The van der Waals surface area contributed by atoms with Gasteiger partial charge in [0.1, 0.15) is 5.60 Å². The maximum atomic E-state index is 10.3. The first-order valence-electron chi connectivity index (χ1n) is 3.40. The number of hydrogen-bond acceptors (Lipinski definition) is 5. The molecule has 0 saturated heterocycles. The van der Waals surface area contributed by atoms with E-state index < -0.39 is 23.3 Å². The molecule has 6 nitrogen and oxygen atoms in total. The van der Waals surface area contributed by atoms with Crippen LogP contribution in [0, 0.1) is 10.1 Å². The Morgan fingerprint density at radius 1 is 1.69 bits per heavy atom. The van der Waals surface area contributed by atoms with Crippen LogP contribution in [0.4, 0.5) is 0 Å². The molecule has 0 aromatic rings. The summed E-state index contributed by atoms with van der Waals surface area (Å²) in [6, 6.07) is 0. The highest BCUT2D eigenvalue weighted by Gasteiger charge is 2.24. The Morgan fingerprint density at radius 3 is 2.46 bits per heavy atom. The van der Waals surface area contributed by atoms with Crippen molar-refractivity contribution in [1.82, 2.24) is 0 Å². The minimum atomic E-state index is -1.98. The van der Waals surface area contributed by atoms with Gasteiger partial charge in [-0.1, -0.05) is 6.58 Å². The second-order valence-electron chi connectivity index (χ2n) is 1.99. The van der Waals surface area contributed by atoms with Crippen LogP contribution in [0.1, 0.15) is 6.92 Å². The van der Waals surface area contributed by atoms with Crippen molar-refractivity contribution in [3.8, 4) is 0 Å². The molecule has 7 heteroatoms. The lowest BCUT2D eigenvalue weighted by atomic mass is 9.84. The van der Waals surface area contributed by atoms with Crippen LogP contribution < -0.4 is 0 Å². The molecule has 0 aliphatic heterocycles. The number of aliphatic imine (C=N–C) groups is 1. The summed E-state index contributed by atoms with van der Waals surface area (Å²) in [5.41, 5.74) is -0.949. The molecule has 70 valence electrons. The molecule has 0 saturated carbocycles. The van der Waals surface area contributed by atoms with Crippen LogP contribution in [0.2, 0.25) is 0 Å². The molecule has 0 heterocycles. The molecule has 0 aliphatic carbocycles. The summed E-state index contributed by atoms with van der Waals surface area (Å²) in [4.78, 5) is 13.0. The molecule has 0 radical (unpaired) electrons. The largest absolute Gasteiger partial charge is 0.515 e. The van der Waals surface area contributed by atoms with Crippen molar-refractivity contribution in [3.05, 3.63) is 34.1 Å². The molecule has 0 atom stereocenters. The number of nitro groups is 1. The van der Waals surface area contributed by atoms with Gasteiger partial charge in [-0.25, -0.2) is 0 Å². The zero-order chi connectivity index (χ0) is 10.4. The van der Waals surface area contributed by atoms with Gasteiger partial charge in [0.25, 0.3) is 5.70 Å². The molecule has 0 amide bonds. The highest BCUT2D eigenvalue weighted by Crippen LogP contribution is 2.08. The van der Waals surface area contributed by atoms with Gasteiger partial charge in [0.05, 0.1) is 4.92 Å². The molecule has 0 aromatic heterocycles. The van der Waals surface area contributed by atoms with Crippen molar-refractivity contribution in [1.29, 1.82) is 0 Å². The fourth-order valence-corrected chi connectivity index (χ4v) is 0.677. The average molecular weight is 184 g/mol. The van der Waals surface area contributed by atoms with E-state index in [9.17, 15) is 10.1 Å². The van der Waals surface area contributed by atoms with Crippen LogP contribution in [0.15, 0.2) is 28.9 Å². The summed E-state index contributed by atoms with van der Waals surface area (Å²) in [5.74, 6) is 0. The minimum absolute atomic E-state index is 0.428. The monoisotopic (exact) mass is 184 g/mol. The molecule has 0 aliphatic rings. The SMILES string of the molecule is C=C/C(=C(\N=C/C)B(O)O)[N+](=O)[O-]. The van der Waals surface area contributed by atoms with Gasteiger partial charge in [0.2, 0.25) is 0 Å². The first-order valence-corrected chi connectivity index (χ1v) is 3.40. The summed E-state index contributed by atoms with van der Waals surface area (Å²) in [6.45, 7) is 4.68. The first kappa shape index (κ1) is 11.5. The molecule has 0 aromatic carbocycles. The Morgan fingerprint density at radius 2 is 2.23 bits per heavy atom. The van der Waals surface area contributed by atoms with Crippen molar-refractivity contribution in [2.24, 2.45) is 4.99 Å². The van der Waals surface area contributed by atoms with Crippen LogP contribution in [0.3, 0.4) is 0 Å². The van der Waals surface area contributed by atoms with Gasteiger partial charge >= 0.3 is 7.12 Å². The summed E-state index contributed by atoms with van der Waals surface area (Å²) >= 11 is 0. The van der Waals surface area contributed by atoms with E-state index in [2.05, 4.69) is 11.6 Å². The Bertz CT molecular complexity index is 272. The van der Waals surface area contributed by atoms with Crippen molar-refractivity contribution in [3.63, 3.8) is 0 Å². The topological polar surface area (TPSA) is 96.0 Å². The van der Waals surface area contributed by atoms with E-state index in [1.165, 1.54) is 13.1 Å². The van der Waals surface area contributed by atoms with Gasteiger partial charge in [0, 0.05) is 12.3 Å². The normalized spacial score (nSPS) is 12.5. The molecular formula is C6H9BN2O4. The summed E-state index contributed by atoms with van der Waals surface area (Å²) < 4.78 is 0. The third kappa shape index (κ3) is 3.18. The number of nitrogens with zero attached hydrogens (tertiary/aromatic N) is 2. The number of allylic oxidation sites excluding steroid dienone is 1. The Hall–Kier alpha value is -1.47. The van der Waals surface area contributed by atoms with E-state index in [-0.39, 0.29) is 0 Å². The van der Waals surface area contributed by atoms with Gasteiger partial charge in [-0.3, -0.25) is 15.1 Å². The van der Waals surface area contributed by atoms with E-state index in [0.717, 1.165) is 6.08 Å². The zero-order valence-electron chi connectivity index (χ0n) is 7.04. The van der Waals surface area contributed by atoms with E-state index >= 15 is 0 Å². The first-order chi connectivity index (χ1) is 6.04. The van der Waals surface area contributed by atoms with Crippen molar-refractivity contribution in [2.75, 3.05) is 0 Å². The van der Waals surface area contributed by atoms with Gasteiger partial charge in [-0.05, 0) is 6.92 Å². The standard InChI is InChI=1S/C6H9BN2O4/c1-3-5(9(12)13)6(7(10)11)8-4-2/h3-4,10-11H,1H2,2H3/b6-5+,8-4-. The second-order valence-corrected chi connectivity index (χ2v) is 1.99. The smallest absolute Gasteiger partial charge is 0.422 e. The summed E-state index contributed by atoms with van der Waals surface area (Å²) in [5, 5.41) is 27.8. The third-order valence-electron chi connectivity index (χ3n) is 1.17. The highest BCUT2D eigenvalue weighted by atomic mass is 16.6. The Kier molecular flexibility index (Phi) is 4.64.